The molecule has 0 radical (unpaired) electrons. The number of aryl methyl sites for hydroxylation is 2. The second-order valence-corrected chi connectivity index (χ2v) is 7.48. The van der Waals surface area contributed by atoms with E-state index in [1.165, 1.54) is 18.1 Å². The fraction of sp³-hybridized carbons (Fsp3) is 0.421. The normalized spacial score (nSPS) is 14.9. The quantitative estimate of drug-likeness (QED) is 0.603. The van der Waals surface area contributed by atoms with E-state index in [2.05, 4.69) is 25.4 Å². The van der Waals surface area contributed by atoms with Crippen LogP contribution < -0.4 is 4.74 Å². The lowest BCUT2D eigenvalue weighted by Gasteiger charge is -2.34. The Kier molecular flexibility index (Phi) is 5.69. The second-order valence-electron chi connectivity index (χ2n) is 7.08. The van der Waals surface area contributed by atoms with E-state index in [1.54, 1.807) is 17.0 Å². The number of amides is 1. The first-order valence-electron chi connectivity index (χ1n) is 9.51. The molecule has 0 unspecified atom stereocenters. The van der Waals surface area contributed by atoms with Crippen LogP contribution in [0.15, 0.2) is 22.9 Å². The van der Waals surface area contributed by atoms with Crippen LogP contribution in [0.3, 0.4) is 0 Å². The Morgan fingerprint density at radius 3 is 2.60 bits per heavy atom. The topological polar surface area (TPSA) is 102 Å². The number of benzene rings is 1. The van der Waals surface area contributed by atoms with E-state index < -0.39 is 0 Å². The smallest absolute Gasteiger partial charge is 0.257 e. The van der Waals surface area contributed by atoms with Crippen molar-refractivity contribution in [2.24, 2.45) is 0 Å². The van der Waals surface area contributed by atoms with E-state index in [0.29, 0.717) is 47.5 Å². The zero-order valence-electron chi connectivity index (χ0n) is 17.0. The van der Waals surface area contributed by atoms with Crippen molar-refractivity contribution < 1.29 is 13.9 Å². The van der Waals surface area contributed by atoms with Crippen LogP contribution in [-0.2, 0) is 6.54 Å². The van der Waals surface area contributed by atoms with Gasteiger partial charge in [0.2, 0.25) is 5.89 Å². The van der Waals surface area contributed by atoms with Gasteiger partial charge in [-0.3, -0.25) is 9.69 Å². The lowest BCUT2D eigenvalue weighted by Crippen LogP contribution is -2.48. The molecule has 3 heterocycles. The first kappa shape index (κ1) is 20.3. The number of carbonyl (C=O) groups is 1. The first-order valence-corrected chi connectivity index (χ1v) is 9.89. The van der Waals surface area contributed by atoms with E-state index in [0.717, 1.165) is 24.5 Å². The average molecular weight is 432 g/mol. The van der Waals surface area contributed by atoms with Crippen LogP contribution in [0.25, 0.3) is 5.69 Å². The van der Waals surface area contributed by atoms with Gasteiger partial charge in [-0.25, -0.2) is 4.98 Å². The van der Waals surface area contributed by atoms with Crippen LogP contribution in [0.1, 0.15) is 27.7 Å². The van der Waals surface area contributed by atoms with Crippen molar-refractivity contribution in [2.45, 2.75) is 20.4 Å². The van der Waals surface area contributed by atoms with Gasteiger partial charge < -0.3 is 14.1 Å². The third kappa shape index (κ3) is 4.01. The molecule has 1 saturated heterocycles. The summed E-state index contributed by atoms with van der Waals surface area (Å²) in [4.78, 5) is 21.6. The second kappa shape index (κ2) is 8.41. The van der Waals surface area contributed by atoms with Crippen LogP contribution in [-0.4, -0.2) is 74.2 Å². The highest BCUT2D eigenvalue weighted by molar-refractivity contribution is 6.33. The molecule has 11 heteroatoms. The zero-order chi connectivity index (χ0) is 21.3. The van der Waals surface area contributed by atoms with Crippen LogP contribution in [0.4, 0.5) is 0 Å². The van der Waals surface area contributed by atoms with E-state index in [1.807, 2.05) is 13.8 Å². The molecule has 1 aliphatic rings. The highest BCUT2D eigenvalue weighted by Crippen LogP contribution is 2.30. The van der Waals surface area contributed by atoms with Gasteiger partial charge in [0.15, 0.2) is 0 Å². The Balaban J connectivity index is 1.45. The number of oxazole rings is 1. The number of tetrazole rings is 1. The number of aromatic nitrogens is 5. The molecule has 1 aromatic carbocycles. The van der Waals surface area contributed by atoms with Crippen LogP contribution in [0.2, 0.25) is 5.02 Å². The van der Waals surface area contributed by atoms with Crippen molar-refractivity contribution in [3.05, 3.63) is 46.4 Å². The minimum absolute atomic E-state index is 0.125. The van der Waals surface area contributed by atoms with Crippen molar-refractivity contribution >= 4 is 17.5 Å². The summed E-state index contributed by atoms with van der Waals surface area (Å²) < 4.78 is 12.5. The third-order valence-electron chi connectivity index (χ3n) is 5.19. The Bertz CT molecular complexity index is 1020. The van der Waals surface area contributed by atoms with Crippen molar-refractivity contribution in [3.8, 4) is 11.4 Å². The fourth-order valence-corrected chi connectivity index (χ4v) is 3.65. The van der Waals surface area contributed by atoms with Gasteiger partial charge >= 0.3 is 0 Å². The molecule has 0 saturated carbocycles. The number of methoxy groups -OCH3 is 1. The molecule has 0 aliphatic carbocycles. The molecule has 158 valence electrons. The van der Waals surface area contributed by atoms with Gasteiger partial charge in [0.25, 0.3) is 5.91 Å². The highest BCUT2D eigenvalue weighted by atomic mass is 35.5. The Hall–Kier alpha value is -2.98. The summed E-state index contributed by atoms with van der Waals surface area (Å²) in [7, 11) is 1.52. The standard InChI is InChI=1S/C19H22ClN7O3/c1-12-13(2)30-18(22-12)10-25-4-6-26(7-5-25)19(28)14-8-15(20)16(9-17(14)29-3)27-11-21-23-24-27/h8-9,11H,4-7,10H2,1-3H3. The maximum atomic E-state index is 13.1. The lowest BCUT2D eigenvalue weighted by molar-refractivity contribution is 0.0614. The number of halogens is 1. The van der Waals surface area contributed by atoms with E-state index in [4.69, 9.17) is 20.8 Å². The molecule has 0 atom stereocenters. The Morgan fingerprint density at radius 1 is 1.23 bits per heavy atom. The van der Waals surface area contributed by atoms with Gasteiger partial charge in [-0.15, -0.1) is 5.10 Å². The molecular weight excluding hydrogens is 410 g/mol. The Morgan fingerprint density at radius 2 is 2.00 bits per heavy atom. The van der Waals surface area contributed by atoms with Gasteiger partial charge in [-0.05, 0) is 30.3 Å². The summed E-state index contributed by atoms with van der Waals surface area (Å²) in [6.45, 7) is 7.11. The molecule has 0 N–H and O–H groups in total. The highest BCUT2D eigenvalue weighted by Gasteiger charge is 2.26. The number of hydrogen-bond acceptors (Lipinski definition) is 8. The summed E-state index contributed by atoms with van der Waals surface area (Å²) in [5.74, 6) is 1.84. The summed E-state index contributed by atoms with van der Waals surface area (Å²) in [5, 5.41) is 11.4. The monoisotopic (exact) mass is 431 g/mol. The van der Waals surface area contributed by atoms with E-state index >= 15 is 0 Å². The number of ether oxygens (including phenoxy) is 1. The molecular formula is C19H22ClN7O3. The molecule has 1 fully saturated rings. The summed E-state index contributed by atoms with van der Waals surface area (Å²) in [6.07, 6.45) is 1.43. The van der Waals surface area contributed by atoms with E-state index in [-0.39, 0.29) is 5.91 Å². The predicted octanol–water partition coefficient (Wildman–Crippen LogP) is 1.89. The summed E-state index contributed by atoms with van der Waals surface area (Å²) >= 11 is 6.39. The SMILES string of the molecule is COc1cc(-n2cnnn2)c(Cl)cc1C(=O)N1CCN(Cc2nc(C)c(C)o2)CC1. The third-order valence-corrected chi connectivity index (χ3v) is 5.49. The summed E-state index contributed by atoms with van der Waals surface area (Å²) in [6, 6.07) is 3.26. The molecule has 3 aromatic rings. The number of carbonyl (C=O) groups excluding carboxylic acids is 1. The molecule has 30 heavy (non-hydrogen) atoms. The van der Waals surface area contributed by atoms with E-state index in [9.17, 15) is 4.79 Å². The lowest BCUT2D eigenvalue weighted by atomic mass is 10.1. The molecule has 4 rings (SSSR count). The largest absolute Gasteiger partial charge is 0.496 e. The minimum atomic E-state index is -0.125. The predicted molar refractivity (Wildman–Crippen MR) is 108 cm³/mol. The molecule has 0 spiro atoms. The fourth-order valence-electron chi connectivity index (χ4n) is 3.40. The molecule has 1 amide bonds. The van der Waals surface area contributed by atoms with Gasteiger partial charge in [0.05, 0.1) is 35.6 Å². The van der Waals surface area contributed by atoms with Crippen LogP contribution >= 0.6 is 11.6 Å². The Labute approximate surface area is 178 Å². The summed E-state index contributed by atoms with van der Waals surface area (Å²) in [5.41, 5.74) is 1.86. The van der Waals surface area contributed by atoms with Crippen molar-refractivity contribution in [2.75, 3.05) is 33.3 Å². The molecule has 2 aromatic heterocycles. The van der Waals surface area contributed by atoms with Crippen molar-refractivity contribution in [3.63, 3.8) is 0 Å². The van der Waals surface area contributed by atoms with Crippen molar-refractivity contribution in [1.29, 1.82) is 0 Å². The van der Waals surface area contributed by atoms with Gasteiger partial charge in [0, 0.05) is 32.2 Å². The van der Waals surface area contributed by atoms with Crippen LogP contribution in [0, 0.1) is 13.8 Å². The maximum absolute atomic E-state index is 13.1. The molecule has 10 nitrogen and oxygen atoms in total. The van der Waals surface area contributed by atoms with Gasteiger partial charge in [-0.1, -0.05) is 11.6 Å². The number of rotatable bonds is 5. The minimum Gasteiger partial charge on any atom is -0.496 e. The number of hydrogen-bond donors (Lipinski definition) is 0. The number of nitrogens with zero attached hydrogens (tertiary/aromatic N) is 7. The average Bonchev–Trinajstić information content (AvgIpc) is 3.38. The zero-order valence-corrected chi connectivity index (χ0v) is 17.8. The number of piperazine rings is 1. The maximum Gasteiger partial charge on any atom is 0.257 e. The molecule has 0 bridgehead atoms. The first-order chi connectivity index (χ1) is 14.5. The molecule has 1 aliphatic heterocycles. The van der Waals surface area contributed by atoms with Gasteiger partial charge in [0.1, 0.15) is 17.8 Å². The van der Waals surface area contributed by atoms with Gasteiger partial charge in [-0.2, -0.15) is 4.68 Å². The van der Waals surface area contributed by atoms with Crippen LogP contribution in [0.5, 0.6) is 5.75 Å². The van der Waals surface area contributed by atoms with Crippen molar-refractivity contribution in [1.82, 2.24) is 35.0 Å².